The topological polar surface area (TPSA) is 49.8 Å². The molecule has 0 saturated heterocycles. The van der Waals surface area contributed by atoms with Crippen molar-refractivity contribution in [3.63, 3.8) is 0 Å². The van der Waals surface area contributed by atoms with E-state index < -0.39 is 6.10 Å². The van der Waals surface area contributed by atoms with Crippen molar-refractivity contribution < 1.29 is 14.6 Å². The molecule has 4 nitrogen and oxygen atoms in total. The van der Waals surface area contributed by atoms with E-state index in [9.17, 15) is 9.90 Å². The number of carbonyl (C=O) groups excluding carboxylic acids is 1. The monoisotopic (exact) mass is 341 g/mol. The molecule has 0 aliphatic carbocycles. The Morgan fingerprint density at radius 3 is 2.40 bits per heavy atom. The second-order valence-electron chi connectivity index (χ2n) is 7.17. The number of amides is 1. The number of benzene rings is 2. The Kier molecular flexibility index (Phi) is 6.21. The van der Waals surface area contributed by atoms with Gasteiger partial charge in [-0.1, -0.05) is 42.5 Å². The van der Waals surface area contributed by atoms with Crippen LogP contribution in [0.15, 0.2) is 54.6 Å². The van der Waals surface area contributed by atoms with E-state index in [2.05, 4.69) is 0 Å². The van der Waals surface area contributed by atoms with E-state index in [1.54, 1.807) is 19.1 Å². The first-order valence-corrected chi connectivity index (χ1v) is 8.52. The highest BCUT2D eigenvalue weighted by Gasteiger charge is 2.26. The van der Waals surface area contributed by atoms with Crippen molar-refractivity contribution in [1.29, 1.82) is 0 Å². The molecule has 1 amide bonds. The summed E-state index contributed by atoms with van der Waals surface area (Å²) in [5.41, 5.74) is 1.54. The van der Waals surface area contributed by atoms with Crippen LogP contribution in [0.2, 0.25) is 0 Å². The Hall–Kier alpha value is -2.33. The minimum absolute atomic E-state index is 0.0344. The molecule has 2 aromatic rings. The number of carbonyl (C=O) groups is 1. The van der Waals surface area contributed by atoms with Crippen molar-refractivity contribution in [1.82, 2.24) is 4.90 Å². The molecule has 0 radical (unpaired) electrons. The molecular weight excluding hydrogens is 314 g/mol. The van der Waals surface area contributed by atoms with Crippen molar-refractivity contribution >= 4 is 5.91 Å². The van der Waals surface area contributed by atoms with E-state index in [-0.39, 0.29) is 18.1 Å². The van der Waals surface area contributed by atoms with E-state index >= 15 is 0 Å². The maximum atomic E-state index is 12.7. The highest BCUT2D eigenvalue weighted by Crippen LogP contribution is 2.21. The van der Waals surface area contributed by atoms with Gasteiger partial charge in [-0.3, -0.25) is 4.79 Å². The molecule has 1 unspecified atom stereocenters. The molecule has 134 valence electrons. The first-order valence-electron chi connectivity index (χ1n) is 8.52. The number of hydrogen-bond donors (Lipinski definition) is 1. The van der Waals surface area contributed by atoms with Gasteiger partial charge in [-0.05, 0) is 51.0 Å². The number of hydrogen-bond acceptors (Lipinski definition) is 3. The summed E-state index contributed by atoms with van der Waals surface area (Å²) in [5.74, 6) is 0.513. The van der Waals surface area contributed by atoms with Crippen LogP contribution in [0, 0.1) is 0 Å². The highest BCUT2D eigenvalue weighted by atomic mass is 16.5. The van der Waals surface area contributed by atoms with Gasteiger partial charge in [0.15, 0.2) is 6.61 Å². The van der Waals surface area contributed by atoms with Gasteiger partial charge >= 0.3 is 0 Å². The molecule has 0 fully saturated rings. The third-order valence-electron chi connectivity index (χ3n) is 4.00. The summed E-state index contributed by atoms with van der Waals surface area (Å²) < 4.78 is 5.67. The number of rotatable bonds is 6. The summed E-state index contributed by atoms with van der Waals surface area (Å²) in [6, 6.07) is 17.1. The predicted octanol–water partition coefficient (Wildman–Crippen LogP) is 3.95. The van der Waals surface area contributed by atoms with Crippen LogP contribution in [0.4, 0.5) is 0 Å². The maximum absolute atomic E-state index is 12.7. The van der Waals surface area contributed by atoms with Crippen molar-refractivity contribution in [3.05, 3.63) is 65.7 Å². The standard InChI is InChI=1S/C21H27NO3/c1-16(23)18-11-8-12-19(13-18)25-15-20(24)22(21(2,3)4)14-17-9-6-5-7-10-17/h5-13,16,23H,14-15H2,1-4H3. The van der Waals surface area contributed by atoms with E-state index in [0.717, 1.165) is 11.1 Å². The van der Waals surface area contributed by atoms with Crippen molar-refractivity contribution in [2.45, 2.75) is 45.9 Å². The Morgan fingerprint density at radius 1 is 1.12 bits per heavy atom. The SMILES string of the molecule is CC(O)c1cccc(OCC(=O)N(Cc2ccccc2)C(C)(C)C)c1. The lowest BCUT2D eigenvalue weighted by molar-refractivity contribution is -0.139. The van der Waals surface area contributed by atoms with Gasteiger partial charge in [0.25, 0.3) is 5.91 Å². The average Bonchev–Trinajstić information content (AvgIpc) is 2.57. The van der Waals surface area contributed by atoms with Crippen LogP contribution in [-0.4, -0.2) is 28.1 Å². The highest BCUT2D eigenvalue weighted by molar-refractivity contribution is 5.78. The second kappa shape index (κ2) is 8.17. The number of aliphatic hydroxyl groups excluding tert-OH is 1. The predicted molar refractivity (Wildman–Crippen MR) is 99.3 cm³/mol. The molecule has 1 N–H and O–H groups in total. The molecule has 0 aromatic heterocycles. The lowest BCUT2D eigenvalue weighted by Gasteiger charge is -2.35. The number of aliphatic hydroxyl groups is 1. The maximum Gasteiger partial charge on any atom is 0.261 e. The minimum Gasteiger partial charge on any atom is -0.484 e. The average molecular weight is 341 g/mol. The van der Waals surface area contributed by atoms with Gasteiger partial charge in [0.05, 0.1) is 6.10 Å². The Bertz CT molecular complexity index is 690. The molecule has 0 spiro atoms. The van der Waals surface area contributed by atoms with Gasteiger partial charge < -0.3 is 14.7 Å². The van der Waals surface area contributed by atoms with E-state index in [1.807, 2.05) is 68.1 Å². The quantitative estimate of drug-likeness (QED) is 0.865. The zero-order valence-electron chi connectivity index (χ0n) is 15.4. The Morgan fingerprint density at radius 2 is 1.80 bits per heavy atom. The first kappa shape index (κ1) is 19.0. The first-order chi connectivity index (χ1) is 11.8. The van der Waals surface area contributed by atoms with Crippen molar-refractivity contribution in [2.75, 3.05) is 6.61 Å². The zero-order chi connectivity index (χ0) is 18.4. The van der Waals surface area contributed by atoms with Crippen LogP contribution >= 0.6 is 0 Å². The van der Waals surface area contributed by atoms with Crippen LogP contribution in [0.1, 0.15) is 44.9 Å². The summed E-state index contributed by atoms with van der Waals surface area (Å²) in [6.45, 7) is 8.25. The molecular formula is C21H27NO3. The number of nitrogens with zero attached hydrogens (tertiary/aromatic N) is 1. The molecule has 0 aliphatic rings. The van der Waals surface area contributed by atoms with Crippen molar-refractivity contribution in [2.24, 2.45) is 0 Å². The summed E-state index contributed by atoms with van der Waals surface area (Å²) >= 11 is 0. The van der Waals surface area contributed by atoms with Gasteiger partial charge in [-0.15, -0.1) is 0 Å². The third-order valence-corrected chi connectivity index (χ3v) is 4.00. The molecule has 2 rings (SSSR count). The van der Waals surface area contributed by atoms with Crippen LogP contribution in [0.5, 0.6) is 5.75 Å². The summed E-state index contributed by atoms with van der Waals surface area (Å²) in [5, 5.41) is 9.65. The zero-order valence-corrected chi connectivity index (χ0v) is 15.4. The molecule has 0 aliphatic heterocycles. The van der Waals surface area contributed by atoms with Gasteiger partial charge in [0, 0.05) is 12.1 Å². The van der Waals surface area contributed by atoms with Gasteiger partial charge in [-0.2, -0.15) is 0 Å². The second-order valence-corrected chi connectivity index (χ2v) is 7.17. The van der Waals surface area contributed by atoms with Crippen LogP contribution in [0.3, 0.4) is 0 Å². The van der Waals surface area contributed by atoms with Crippen LogP contribution in [0.25, 0.3) is 0 Å². The lowest BCUT2D eigenvalue weighted by Crippen LogP contribution is -2.47. The van der Waals surface area contributed by atoms with E-state index in [4.69, 9.17) is 4.74 Å². The summed E-state index contributed by atoms with van der Waals surface area (Å²) in [7, 11) is 0. The van der Waals surface area contributed by atoms with Crippen molar-refractivity contribution in [3.8, 4) is 5.75 Å². The Labute approximate surface area is 150 Å². The molecule has 0 heterocycles. The molecule has 0 saturated carbocycles. The van der Waals surface area contributed by atoms with E-state index in [0.29, 0.717) is 12.3 Å². The smallest absolute Gasteiger partial charge is 0.261 e. The molecule has 2 aromatic carbocycles. The normalized spacial score (nSPS) is 12.5. The molecule has 25 heavy (non-hydrogen) atoms. The molecule has 4 heteroatoms. The fraction of sp³-hybridized carbons (Fsp3) is 0.381. The van der Waals surface area contributed by atoms with Crippen LogP contribution in [-0.2, 0) is 11.3 Å². The minimum atomic E-state index is -0.566. The number of ether oxygens (including phenoxy) is 1. The van der Waals surface area contributed by atoms with Gasteiger partial charge in [-0.25, -0.2) is 0 Å². The van der Waals surface area contributed by atoms with E-state index in [1.165, 1.54) is 0 Å². The summed E-state index contributed by atoms with van der Waals surface area (Å²) in [4.78, 5) is 14.6. The van der Waals surface area contributed by atoms with Gasteiger partial charge in [0.2, 0.25) is 0 Å². The fourth-order valence-electron chi connectivity index (χ4n) is 2.55. The van der Waals surface area contributed by atoms with Crippen LogP contribution < -0.4 is 4.74 Å². The summed E-state index contributed by atoms with van der Waals surface area (Å²) in [6.07, 6.45) is -0.566. The Balaban J connectivity index is 2.06. The lowest BCUT2D eigenvalue weighted by atomic mass is 10.0. The van der Waals surface area contributed by atoms with Gasteiger partial charge in [0.1, 0.15) is 5.75 Å². The third kappa shape index (κ3) is 5.61. The molecule has 0 bridgehead atoms. The largest absolute Gasteiger partial charge is 0.484 e. The molecule has 1 atom stereocenters. The fourth-order valence-corrected chi connectivity index (χ4v) is 2.55.